The van der Waals surface area contributed by atoms with Crippen LogP contribution in [0.3, 0.4) is 0 Å². The third-order valence-electron chi connectivity index (χ3n) is 3.69. The fourth-order valence-corrected chi connectivity index (χ4v) is 3.12. The summed E-state index contributed by atoms with van der Waals surface area (Å²) >= 11 is 3.59. The lowest BCUT2D eigenvalue weighted by atomic mass is 10.0. The van der Waals surface area contributed by atoms with E-state index in [9.17, 15) is 4.79 Å². The predicted octanol–water partition coefficient (Wildman–Crippen LogP) is 1.61. The van der Waals surface area contributed by atoms with Crippen LogP contribution in [0.1, 0.15) is 18.5 Å². The normalized spacial score (nSPS) is 18.4. The monoisotopic (exact) mass is 325 g/mol. The van der Waals surface area contributed by atoms with Gasteiger partial charge in [-0.25, -0.2) is 0 Å². The molecule has 1 aliphatic heterocycles. The van der Waals surface area contributed by atoms with Crippen molar-refractivity contribution < 1.29 is 4.79 Å². The van der Waals surface area contributed by atoms with E-state index in [1.54, 1.807) is 6.92 Å². The Morgan fingerprint density at radius 2 is 1.95 bits per heavy atom. The molecule has 19 heavy (non-hydrogen) atoms. The number of nitrogens with two attached hydrogens (primary N) is 1. The molecule has 0 bridgehead atoms. The summed E-state index contributed by atoms with van der Waals surface area (Å²) in [6, 6.07) is 8.41. The van der Waals surface area contributed by atoms with Gasteiger partial charge in [0.1, 0.15) is 0 Å². The van der Waals surface area contributed by atoms with Crippen LogP contribution >= 0.6 is 15.9 Å². The van der Waals surface area contributed by atoms with Crippen molar-refractivity contribution >= 4 is 21.8 Å². The molecule has 4 nitrogen and oxygen atoms in total. The number of hydrogen-bond donors (Lipinski definition) is 1. The molecular formula is C14H20BrN3O. The van der Waals surface area contributed by atoms with Crippen molar-refractivity contribution in [1.82, 2.24) is 9.80 Å². The summed E-state index contributed by atoms with van der Waals surface area (Å²) in [5.74, 6) is 0.157. The fraction of sp³-hybridized carbons (Fsp3) is 0.500. The quantitative estimate of drug-likeness (QED) is 0.918. The van der Waals surface area contributed by atoms with Gasteiger partial charge in [-0.2, -0.15) is 0 Å². The van der Waals surface area contributed by atoms with Crippen LogP contribution in [0.15, 0.2) is 28.7 Å². The maximum Gasteiger partial charge on any atom is 0.219 e. The first kappa shape index (κ1) is 14.5. The number of carbonyl (C=O) groups is 1. The second kappa shape index (κ2) is 6.50. The molecule has 1 aromatic carbocycles. The zero-order chi connectivity index (χ0) is 13.8. The molecular weight excluding hydrogens is 306 g/mol. The topological polar surface area (TPSA) is 49.6 Å². The summed E-state index contributed by atoms with van der Waals surface area (Å²) in [5, 5.41) is 0. The Morgan fingerprint density at radius 3 is 2.47 bits per heavy atom. The molecule has 1 aliphatic rings. The van der Waals surface area contributed by atoms with Gasteiger partial charge < -0.3 is 10.6 Å². The van der Waals surface area contributed by atoms with E-state index in [-0.39, 0.29) is 11.9 Å². The summed E-state index contributed by atoms with van der Waals surface area (Å²) in [6.07, 6.45) is 0. The van der Waals surface area contributed by atoms with Gasteiger partial charge in [0, 0.05) is 50.2 Å². The molecule has 0 aromatic heterocycles. The highest BCUT2D eigenvalue weighted by Crippen LogP contribution is 2.27. The zero-order valence-corrected chi connectivity index (χ0v) is 12.8. The number of carbonyl (C=O) groups excluding carboxylic acids is 1. The molecule has 1 saturated heterocycles. The van der Waals surface area contributed by atoms with E-state index in [1.807, 2.05) is 23.1 Å². The lowest BCUT2D eigenvalue weighted by Gasteiger charge is -2.39. The van der Waals surface area contributed by atoms with Crippen molar-refractivity contribution in [2.45, 2.75) is 13.0 Å². The van der Waals surface area contributed by atoms with Gasteiger partial charge in [-0.15, -0.1) is 0 Å². The van der Waals surface area contributed by atoms with Crippen molar-refractivity contribution in [3.8, 4) is 0 Å². The summed E-state index contributed by atoms with van der Waals surface area (Å²) in [5.41, 5.74) is 7.18. The number of nitrogens with zero attached hydrogens (tertiary/aromatic N) is 2. The van der Waals surface area contributed by atoms with Crippen LogP contribution in [-0.2, 0) is 4.79 Å². The number of hydrogen-bond acceptors (Lipinski definition) is 3. The van der Waals surface area contributed by atoms with Crippen LogP contribution < -0.4 is 5.73 Å². The maximum atomic E-state index is 11.3. The number of piperazine rings is 1. The first-order valence-electron chi connectivity index (χ1n) is 6.57. The molecule has 0 saturated carbocycles. The standard InChI is InChI=1S/C14H20BrN3O/c1-11(19)17-6-8-18(9-7-17)14(10-16)12-4-2-3-5-13(12)15/h2-5,14H,6-10,16H2,1H3. The van der Waals surface area contributed by atoms with E-state index >= 15 is 0 Å². The van der Waals surface area contributed by atoms with Crippen LogP contribution in [0.5, 0.6) is 0 Å². The second-order valence-corrected chi connectivity index (χ2v) is 5.67. The van der Waals surface area contributed by atoms with Gasteiger partial charge in [0.05, 0.1) is 0 Å². The minimum atomic E-state index is 0.157. The summed E-state index contributed by atoms with van der Waals surface area (Å²) in [4.78, 5) is 15.6. The summed E-state index contributed by atoms with van der Waals surface area (Å²) in [7, 11) is 0. The molecule has 1 heterocycles. The highest BCUT2D eigenvalue weighted by molar-refractivity contribution is 9.10. The zero-order valence-electron chi connectivity index (χ0n) is 11.2. The molecule has 0 aliphatic carbocycles. The van der Waals surface area contributed by atoms with Gasteiger partial charge in [-0.3, -0.25) is 9.69 Å². The lowest BCUT2D eigenvalue weighted by Crippen LogP contribution is -2.50. The largest absolute Gasteiger partial charge is 0.340 e. The molecule has 104 valence electrons. The first-order valence-corrected chi connectivity index (χ1v) is 7.37. The van der Waals surface area contributed by atoms with E-state index in [1.165, 1.54) is 5.56 Å². The van der Waals surface area contributed by atoms with Gasteiger partial charge in [0.2, 0.25) is 5.91 Å². The molecule has 1 aromatic rings. The van der Waals surface area contributed by atoms with Crippen LogP contribution in [0.4, 0.5) is 0 Å². The number of rotatable bonds is 3. The Hall–Kier alpha value is -0.910. The Morgan fingerprint density at radius 1 is 1.32 bits per heavy atom. The van der Waals surface area contributed by atoms with Crippen molar-refractivity contribution in [2.24, 2.45) is 5.73 Å². The molecule has 1 amide bonds. The van der Waals surface area contributed by atoms with E-state index in [0.717, 1.165) is 30.7 Å². The predicted molar refractivity (Wildman–Crippen MR) is 79.8 cm³/mol. The highest BCUT2D eigenvalue weighted by Gasteiger charge is 2.25. The molecule has 2 N–H and O–H groups in total. The van der Waals surface area contributed by atoms with Crippen LogP contribution in [0, 0.1) is 0 Å². The molecule has 1 unspecified atom stereocenters. The van der Waals surface area contributed by atoms with Crippen molar-refractivity contribution in [1.29, 1.82) is 0 Å². The molecule has 0 radical (unpaired) electrons. The molecule has 2 rings (SSSR count). The third-order valence-corrected chi connectivity index (χ3v) is 4.41. The van der Waals surface area contributed by atoms with E-state index in [0.29, 0.717) is 6.54 Å². The SMILES string of the molecule is CC(=O)N1CCN(C(CN)c2ccccc2Br)CC1. The Labute approximate surface area is 122 Å². The molecule has 0 spiro atoms. The number of halogens is 1. The molecule has 1 fully saturated rings. The Bertz CT molecular complexity index is 444. The maximum absolute atomic E-state index is 11.3. The smallest absolute Gasteiger partial charge is 0.219 e. The fourth-order valence-electron chi connectivity index (χ4n) is 2.57. The summed E-state index contributed by atoms with van der Waals surface area (Å²) in [6.45, 7) is 5.55. The highest BCUT2D eigenvalue weighted by atomic mass is 79.9. The number of amides is 1. The van der Waals surface area contributed by atoms with Crippen LogP contribution in [0.25, 0.3) is 0 Å². The lowest BCUT2D eigenvalue weighted by molar-refractivity contribution is -0.130. The molecule has 5 heteroatoms. The van der Waals surface area contributed by atoms with Crippen molar-refractivity contribution in [3.05, 3.63) is 34.3 Å². The van der Waals surface area contributed by atoms with Crippen molar-refractivity contribution in [2.75, 3.05) is 32.7 Å². The van der Waals surface area contributed by atoms with Crippen LogP contribution in [0.2, 0.25) is 0 Å². The minimum Gasteiger partial charge on any atom is -0.340 e. The van der Waals surface area contributed by atoms with Crippen LogP contribution in [-0.4, -0.2) is 48.4 Å². The van der Waals surface area contributed by atoms with E-state index in [4.69, 9.17) is 5.73 Å². The van der Waals surface area contributed by atoms with Gasteiger partial charge in [-0.05, 0) is 11.6 Å². The Balaban J connectivity index is 2.08. The third kappa shape index (κ3) is 3.35. The first-order chi connectivity index (χ1) is 9.13. The second-order valence-electron chi connectivity index (χ2n) is 4.82. The van der Waals surface area contributed by atoms with Gasteiger partial charge in [0.25, 0.3) is 0 Å². The van der Waals surface area contributed by atoms with Gasteiger partial charge >= 0.3 is 0 Å². The summed E-state index contributed by atoms with van der Waals surface area (Å²) < 4.78 is 1.10. The van der Waals surface area contributed by atoms with Crippen molar-refractivity contribution in [3.63, 3.8) is 0 Å². The minimum absolute atomic E-state index is 0.157. The number of benzene rings is 1. The average Bonchev–Trinajstić information content (AvgIpc) is 2.42. The average molecular weight is 326 g/mol. The van der Waals surface area contributed by atoms with E-state index < -0.39 is 0 Å². The van der Waals surface area contributed by atoms with Gasteiger partial charge in [0.15, 0.2) is 0 Å². The van der Waals surface area contributed by atoms with E-state index in [2.05, 4.69) is 26.9 Å². The Kier molecular flexibility index (Phi) is 4.96. The van der Waals surface area contributed by atoms with Gasteiger partial charge in [-0.1, -0.05) is 34.1 Å². The molecule has 1 atom stereocenters.